The standard InChI is InChI=1S/C23H20ClN3O2/c1-2-17-8-10-19-22(16-12-13-25-20(24)14-16)18(9-11-21(28)29)23(26-27(17)19)15-6-4-3-5-7-15/h3-8,10,12-14H,2,9,11H2,1H3,(H,28,29). The van der Waals surface area contributed by atoms with E-state index >= 15 is 0 Å². The largest absolute Gasteiger partial charge is 0.481 e. The smallest absolute Gasteiger partial charge is 0.303 e. The molecule has 0 saturated heterocycles. The molecule has 3 aromatic heterocycles. The number of pyridine rings is 1. The van der Waals surface area contributed by atoms with Gasteiger partial charge in [-0.15, -0.1) is 0 Å². The highest BCUT2D eigenvalue weighted by Gasteiger charge is 2.20. The minimum Gasteiger partial charge on any atom is -0.481 e. The number of rotatable bonds is 6. The number of aromatic nitrogens is 3. The van der Waals surface area contributed by atoms with Crippen molar-refractivity contribution in [2.24, 2.45) is 0 Å². The minimum absolute atomic E-state index is 0.0187. The van der Waals surface area contributed by atoms with E-state index in [0.29, 0.717) is 11.6 Å². The molecule has 4 rings (SSSR count). The van der Waals surface area contributed by atoms with Gasteiger partial charge in [0, 0.05) is 29.4 Å². The summed E-state index contributed by atoms with van der Waals surface area (Å²) in [5, 5.41) is 14.7. The molecule has 0 atom stereocenters. The molecule has 5 nitrogen and oxygen atoms in total. The Balaban J connectivity index is 2.09. The van der Waals surface area contributed by atoms with Crippen LogP contribution in [0.5, 0.6) is 0 Å². The van der Waals surface area contributed by atoms with Gasteiger partial charge in [0.1, 0.15) is 5.15 Å². The lowest BCUT2D eigenvalue weighted by atomic mass is 9.93. The fourth-order valence-corrected chi connectivity index (χ4v) is 3.84. The number of hydrogen-bond acceptors (Lipinski definition) is 3. The van der Waals surface area contributed by atoms with E-state index < -0.39 is 5.97 Å². The number of carbonyl (C=O) groups is 1. The van der Waals surface area contributed by atoms with Crippen LogP contribution in [-0.2, 0) is 17.6 Å². The highest BCUT2D eigenvalue weighted by Crippen LogP contribution is 2.36. The number of hydrogen-bond donors (Lipinski definition) is 1. The molecule has 0 aliphatic carbocycles. The summed E-state index contributed by atoms with van der Waals surface area (Å²) in [6.07, 6.45) is 2.89. The molecule has 4 aromatic rings. The van der Waals surface area contributed by atoms with Crippen LogP contribution in [0, 0.1) is 0 Å². The lowest BCUT2D eigenvalue weighted by Crippen LogP contribution is -2.08. The highest BCUT2D eigenvalue weighted by atomic mass is 35.5. The fourth-order valence-electron chi connectivity index (χ4n) is 3.66. The van der Waals surface area contributed by atoms with Crippen molar-refractivity contribution in [2.75, 3.05) is 0 Å². The summed E-state index contributed by atoms with van der Waals surface area (Å²) in [5.74, 6) is -0.841. The zero-order valence-electron chi connectivity index (χ0n) is 16.0. The molecule has 0 saturated carbocycles. The summed E-state index contributed by atoms with van der Waals surface area (Å²) >= 11 is 6.19. The van der Waals surface area contributed by atoms with Gasteiger partial charge in [-0.05, 0) is 48.2 Å². The molecule has 1 N–H and O–H groups in total. The summed E-state index contributed by atoms with van der Waals surface area (Å²) in [4.78, 5) is 15.5. The number of nitrogens with zero attached hydrogens (tertiary/aromatic N) is 3. The second-order valence-electron chi connectivity index (χ2n) is 6.80. The van der Waals surface area contributed by atoms with Crippen LogP contribution in [0.3, 0.4) is 0 Å². The molecule has 0 fully saturated rings. The van der Waals surface area contributed by atoms with Crippen molar-refractivity contribution in [1.29, 1.82) is 0 Å². The van der Waals surface area contributed by atoms with Gasteiger partial charge in [-0.25, -0.2) is 9.50 Å². The molecule has 1 aromatic carbocycles. The number of benzene rings is 1. The molecule has 3 heterocycles. The van der Waals surface area contributed by atoms with Gasteiger partial charge < -0.3 is 5.11 Å². The molecule has 0 spiro atoms. The van der Waals surface area contributed by atoms with Gasteiger partial charge in [0.05, 0.1) is 11.2 Å². The monoisotopic (exact) mass is 405 g/mol. The zero-order valence-corrected chi connectivity index (χ0v) is 16.7. The van der Waals surface area contributed by atoms with E-state index in [9.17, 15) is 9.90 Å². The molecular formula is C23H20ClN3O2. The Morgan fingerprint density at radius 2 is 1.90 bits per heavy atom. The third-order valence-electron chi connectivity index (χ3n) is 4.99. The van der Waals surface area contributed by atoms with Crippen LogP contribution in [0.2, 0.25) is 5.15 Å². The van der Waals surface area contributed by atoms with Gasteiger partial charge in [-0.3, -0.25) is 4.79 Å². The second kappa shape index (κ2) is 8.05. The van der Waals surface area contributed by atoms with E-state index in [1.54, 1.807) is 6.20 Å². The molecular weight excluding hydrogens is 386 g/mol. The predicted molar refractivity (Wildman–Crippen MR) is 114 cm³/mol. The van der Waals surface area contributed by atoms with Gasteiger partial charge in [0.15, 0.2) is 0 Å². The van der Waals surface area contributed by atoms with E-state index in [4.69, 9.17) is 16.7 Å². The van der Waals surface area contributed by atoms with Crippen molar-refractivity contribution in [3.8, 4) is 22.4 Å². The predicted octanol–water partition coefficient (Wildman–Crippen LogP) is 5.30. The Bertz CT molecular complexity index is 1190. The van der Waals surface area contributed by atoms with E-state index in [0.717, 1.165) is 45.6 Å². The van der Waals surface area contributed by atoms with E-state index in [2.05, 4.69) is 18.0 Å². The van der Waals surface area contributed by atoms with Crippen molar-refractivity contribution < 1.29 is 9.90 Å². The molecule has 29 heavy (non-hydrogen) atoms. The SMILES string of the molecule is CCc1ccc2c(-c3ccnc(Cl)c3)c(CCC(=O)O)c(-c3ccccc3)nn12. The minimum atomic E-state index is -0.841. The second-order valence-corrected chi connectivity index (χ2v) is 7.19. The normalized spacial score (nSPS) is 11.1. The first-order valence-corrected chi connectivity index (χ1v) is 9.89. The maximum absolute atomic E-state index is 11.4. The molecule has 146 valence electrons. The third-order valence-corrected chi connectivity index (χ3v) is 5.20. The quantitative estimate of drug-likeness (QED) is 0.442. The summed E-state index contributed by atoms with van der Waals surface area (Å²) in [6, 6.07) is 17.7. The summed E-state index contributed by atoms with van der Waals surface area (Å²) < 4.78 is 1.95. The van der Waals surface area contributed by atoms with Crippen LogP contribution in [-0.4, -0.2) is 25.7 Å². The zero-order chi connectivity index (χ0) is 20.4. The average molecular weight is 406 g/mol. The average Bonchev–Trinajstić information content (AvgIpc) is 3.14. The Morgan fingerprint density at radius 1 is 1.10 bits per heavy atom. The van der Waals surface area contributed by atoms with Gasteiger partial charge in [-0.1, -0.05) is 48.9 Å². The summed E-state index contributed by atoms with van der Waals surface area (Å²) in [7, 11) is 0. The van der Waals surface area contributed by atoms with Crippen LogP contribution in [0.25, 0.3) is 27.9 Å². The summed E-state index contributed by atoms with van der Waals surface area (Å²) in [5.41, 5.74) is 6.50. The van der Waals surface area contributed by atoms with Crippen LogP contribution < -0.4 is 0 Å². The van der Waals surface area contributed by atoms with Crippen molar-refractivity contribution in [2.45, 2.75) is 26.2 Å². The topological polar surface area (TPSA) is 67.5 Å². The fraction of sp³-hybridized carbons (Fsp3) is 0.174. The number of halogens is 1. The van der Waals surface area contributed by atoms with Crippen molar-refractivity contribution >= 4 is 23.1 Å². The van der Waals surface area contributed by atoms with E-state index in [-0.39, 0.29) is 6.42 Å². The highest BCUT2D eigenvalue weighted by molar-refractivity contribution is 6.29. The molecule has 0 radical (unpaired) electrons. The molecule has 0 amide bonds. The molecule has 0 aliphatic heterocycles. The van der Waals surface area contributed by atoms with E-state index in [1.807, 2.05) is 53.0 Å². The van der Waals surface area contributed by atoms with Crippen LogP contribution in [0.1, 0.15) is 24.6 Å². The number of carboxylic acid groups (broad SMARTS) is 1. The van der Waals surface area contributed by atoms with Gasteiger partial charge in [-0.2, -0.15) is 5.10 Å². The molecule has 6 heteroatoms. The first-order valence-electron chi connectivity index (χ1n) is 9.51. The number of aliphatic carboxylic acids is 1. The number of carboxylic acids is 1. The lowest BCUT2D eigenvalue weighted by Gasteiger charge is -2.17. The van der Waals surface area contributed by atoms with Gasteiger partial charge in [0.2, 0.25) is 0 Å². The summed E-state index contributed by atoms with van der Waals surface area (Å²) in [6.45, 7) is 2.09. The maximum atomic E-state index is 11.4. The molecule has 0 bridgehead atoms. The first-order chi connectivity index (χ1) is 14.1. The Kier molecular flexibility index (Phi) is 5.32. The molecule has 0 unspecified atom stereocenters. The maximum Gasteiger partial charge on any atom is 0.303 e. The third kappa shape index (κ3) is 3.74. The van der Waals surface area contributed by atoms with Crippen LogP contribution >= 0.6 is 11.6 Å². The Morgan fingerprint density at radius 3 is 2.59 bits per heavy atom. The van der Waals surface area contributed by atoms with Crippen LogP contribution in [0.15, 0.2) is 60.8 Å². The molecule has 0 aliphatic rings. The van der Waals surface area contributed by atoms with Crippen molar-refractivity contribution in [3.05, 3.63) is 77.2 Å². The number of aryl methyl sites for hydroxylation is 1. The number of fused-ring (bicyclic) bond motifs is 1. The van der Waals surface area contributed by atoms with Crippen molar-refractivity contribution in [1.82, 2.24) is 14.6 Å². The first kappa shape index (κ1) is 19.2. The van der Waals surface area contributed by atoms with Crippen molar-refractivity contribution in [3.63, 3.8) is 0 Å². The van der Waals surface area contributed by atoms with Gasteiger partial charge >= 0.3 is 5.97 Å². The van der Waals surface area contributed by atoms with Gasteiger partial charge in [0.25, 0.3) is 0 Å². The van der Waals surface area contributed by atoms with Crippen LogP contribution in [0.4, 0.5) is 0 Å². The Hall–Kier alpha value is -3.18. The van der Waals surface area contributed by atoms with E-state index in [1.165, 1.54) is 0 Å². The Labute approximate surface area is 173 Å². The lowest BCUT2D eigenvalue weighted by molar-refractivity contribution is -0.136.